The van der Waals surface area contributed by atoms with Crippen molar-refractivity contribution in [3.05, 3.63) is 84.1 Å². The molecule has 0 N–H and O–H groups in total. The van der Waals surface area contributed by atoms with E-state index in [1.54, 1.807) is 18.3 Å². The van der Waals surface area contributed by atoms with Crippen LogP contribution < -0.4 is 4.84 Å². The highest BCUT2D eigenvalue weighted by molar-refractivity contribution is 5.85. The van der Waals surface area contributed by atoms with Crippen molar-refractivity contribution in [2.24, 2.45) is 0 Å². The highest BCUT2D eigenvalue weighted by atomic mass is 16.7. The molecule has 0 radical (unpaired) electrons. The molecule has 4 aromatic heterocycles. The molecular weight excluding hydrogens is 442 g/mol. The zero-order valence-corrected chi connectivity index (χ0v) is 19.4. The van der Waals surface area contributed by atoms with Gasteiger partial charge in [0.1, 0.15) is 5.52 Å². The normalized spacial score (nSPS) is 14.6. The van der Waals surface area contributed by atoms with Crippen LogP contribution in [-0.4, -0.2) is 40.6 Å². The summed E-state index contributed by atoms with van der Waals surface area (Å²) >= 11 is 0. The van der Waals surface area contributed by atoms with Crippen LogP contribution in [0.1, 0.15) is 36.2 Å². The molecule has 9 heteroatoms. The van der Waals surface area contributed by atoms with E-state index in [0.29, 0.717) is 17.1 Å². The number of rotatable bonds is 5. The molecule has 0 aliphatic heterocycles. The van der Waals surface area contributed by atoms with E-state index in [4.69, 9.17) is 4.84 Å². The first-order chi connectivity index (χ1) is 17.0. The molecule has 6 rings (SSSR count). The third-order valence-corrected chi connectivity index (χ3v) is 6.83. The van der Waals surface area contributed by atoms with Gasteiger partial charge in [-0.2, -0.15) is 0 Å². The Morgan fingerprint density at radius 3 is 2.29 bits per heavy atom. The predicted octanol–water partition coefficient (Wildman–Crippen LogP) is 3.77. The van der Waals surface area contributed by atoms with Gasteiger partial charge in [0, 0.05) is 35.5 Å². The lowest BCUT2D eigenvalue weighted by molar-refractivity contribution is -0.156. The molecule has 0 atom stereocenters. The lowest BCUT2D eigenvalue weighted by Gasteiger charge is -2.39. The standard InChI is InChI=1S/C26H23N7O2/c1-17-6-7-18(2)32(17)25-28-15-20(16-29-25)19-8-10-21(11-9-19)26(12-4-13-26)24(34)35-33-23-22(30-31-33)5-3-14-27-23/h3,5-11,14-16H,4,12-13H2,1-2H3. The summed E-state index contributed by atoms with van der Waals surface area (Å²) in [7, 11) is 0. The number of fused-ring (bicyclic) bond motifs is 1. The van der Waals surface area contributed by atoms with E-state index in [1.165, 1.54) is 0 Å². The number of carbonyl (C=O) groups is 1. The Labute approximate surface area is 201 Å². The highest BCUT2D eigenvalue weighted by Gasteiger charge is 2.48. The zero-order chi connectivity index (χ0) is 24.0. The molecule has 5 aromatic rings. The second-order valence-corrected chi connectivity index (χ2v) is 8.92. The summed E-state index contributed by atoms with van der Waals surface area (Å²) in [6.45, 7) is 4.07. The second kappa shape index (κ2) is 8.12. The molecule has 1 aromatic carbocycles. The fourth-order valence-corrected chi connectivity index (χ4v) is 4.66. The predicted molar refractivity (Wildman–Crippen MR) is 129 cm³/mol. The minimum atomic E-state index is -0.699. The van der Waals surface area contributed by atoms with E-state index < -0.39 is 5.41 Å². The molecule has 0 saturated heterocycles. The smallest absolute Gasteiger partial charge is 0.315 e. The van der Waals surface area contributed by atoms with Crippen LogP contribution in [0.4, 0.5) is 0 Å². The SMILES string of the molecule is Cc1ccc(C)n1-c1ncc(-c2ccc(C3(C(=O)On4nnc5cccnc54)CCC3)cc2)cn1. The van der Waals surface area contributed by atoms with Gasteiger partial charge in [0.05, 0.1) is 5.41 Å². The maximum absolute atomic E-state index is 13.3. The number of hydrogen-bond donors (Lipinski definition) is 0. The lowest BCUT2D eigenvalue weighted by Crippen LogP contribution is -2.47. The third kappa shape index (κ3) is 3.47. The van der Waals surface area contributed by atoms with Crippen LogP contribution >= 0.6 is 0 Å². The minimum absolute atomic E-state index is 0.348. The van der Waals surface area contributed by atoms with Gasteiger partial charge in [0.25, 0.3) is 0 Å². The van der Waals surface area contributed by atoms with E-state index >= 15 is 0 Å². The summed E-state index contributed by atoms with van der Waals surface area (Å²) in [5, 5.41) is 7.94. The van der Waals surface area contributed by atoms with Crippen LogP contribution in [0.15, 0.2) is 67.1 Å². The van der Waals surface area contributed by atoms with Crippen molar-refractivity contribution < 1.29 is 9.63 Å². The molecular formula is C26H23N7O2. The number of aryl methyl sites for hydroxylation is 2. The van der Waals surface area contributed by atoms with Crippen LogP contribution in [-0.2, 0) is 10.2 Å². The van der Waals surface area contributed by atoms with E-state index in [-0.39, 0.29) is 5.97 Å². The summed E-state index contributed by atoms with van der Waals surface area (Å²) in [6, 6.07) is 15.6. The van der Waals surface area contributed by atoms with Gasteiger partial charge in [0.2, 0.25) is 11.6 Å². The summed E-state index contributed by atoms with van der Waals surface area (Å²) in [5.41, 5.74) is 5.28. The molecule has 35 heavy (non-hydrogen) atoms. The lowest BCUT2D eigenvalue weighted by atomic mass is 9.64. The summed E-state index contributed by atoms with van der Waals surface area (Å²) in [5.74, 6) is 0.302. The molecule has 1 saturated carbocycles. The van der Waals surface area contributed by atoms with Crippen molar-refractivity contribution in [1.82, 2.24) is 34.7 Å². The molecule has 0 amide bonds. The van der Waals surface area contributed by atoms with Crippen molar-refractivity contribution in [3.8, 4) is 17.1 Å². The van der Waals surface area contributed by atoms with Crippen LogP contribution in [0.2, 0.25) is 0 Å². The van der Waals surface area contributed by atoms with Crippen molar-refractivity contribution in [2.45, 2.75) is 38.5 Å². The van der Waals surface area contributed by atoms with Gasteiger partial charge >= 0.3 is 5.97 Å². The Kier molecular flexibility index (Phi) is 4.91. The summed E-state index contributed by atoms with van der Waals surface area (Å²) in [6.07, 6.45) is 7.67. The molecule has 0 spiro atoms. The average Bonchev–Trinajstić information content (AvgIpc) is 3.41. The topological polar surface area (TPSA) is 101 Å². The van der Waals surface area contributed by atoms with E-state index in [9.17, 15) is 4.79 Å². The van der Waals surface area contributed by atoms with Crippen molar-refractivity contribution in [1.29, 1.82) is 0 Å². The maximum atomic E-state index is 13.3. The van der Waals surface area contributed by atoms with Gasteiger partial charge in [-0.05, 0) is 72.1 Å². The molecule has 0 bridgehead atoms. The van der Waals surface area contributed by atoms with E-state index in [1.807, 2.05) is 55.1 Å². The molecule has 0 unspecified atom stereocenters. The first-order valence-electron chi connectivity index (χ1n) is 11.5. The fourth-order valence-electron chi connectivity index (χ4n) is 4.66. The second-order valence-electron chi connectivity index (χ2n) is 8.92. The van der Waals surface area contributed by atoms with Gasteiger partial charge in [0.15, 0.2) is 0 Å². The molecule has 9 nitrogen and oxygen atoms in total. The van der Waals surface area contributed by atoms with Gasteiger partial charge in [-0.1, -0.05) is 30.7 Å². The van der Waals surface area contributed by atoms with Gasteiger partial charge < -0.3 is 4.84 Å². The average molecular weight is 466 g/mol. The van der Waals surface area contributed by atoms with Gasteiger partial charge in [-0.25, -0.2) is 19.7 Å². The highest BCUT2D eigenvalue weighted by Crippen LogP contribution is 2.44. The first kappa shape index (κ1) is 21.2. The Bertz CT molecular complexity index is 1510. The van der Waals surface area contributed by atoms with Crippen LogP contribution in [0.5, 0.6) is 0 Å². The zero-order valence-electron chi connectivity index (χ0n) is 19.4. The molecule has 4 heterocycles. The monoisotopic (exact) mass is 465 g/mol. The van der Waals surface area contributed by atoms with E-state index in [2.05, 4.69) is 37.4 Å². The molecule has 1 fully saturated rings. The minimum Gasteiger partial charge on any atom is -0.315 e. The van der Waals surface area contributed by atoms with Crippen molar-refractivity contribution >= 4 is 17.1 Å². The number of pyridine rings is 1. The molecule has 1 aliphatic rings. The summed E-state index contributed by atoms with van der Waals surface area (Å²) in [4.78, 5) is 33.4. The fraction of sp³-hybridized carbons (Fsp3) is 0.231. The van der Waals surface area contributed by atoms with Crippen LogP contribution in [0, 0.1) is 13.8 Å². The number of carbonyl (C=O) groups excluding carboxylic acids is 1. The Hall–Kier alpha value is -4.40. The number of benzene rings is 1. The Balaban J connectivity index is 1.24. The van der Waals surface area contributed by atoms with Crippen LogP contribution in [0.3, 0.4) is 0 Å². The van der Waals surface area contributed by atoms with Crippen molar-refractivity contribution in [2.75, 3.05) is 0 Å². The van der Waals surface area contributed by atoms with E-state index in [0.717, 1.165) is 52.2 Å². The van der Waals surface area contributed by atoms with Crippen LogP contribution in [0.25, 0.3) is 28.2 Å². The van der Waals surface area contributed by atoms with Gasteiger partial charge in [-0.15, -0.1) is 5.10 Å². The first-order valence-corrected chi connectivity index (χ1v) is 11.5. The number of nitrogens with zero attached hydrogens (tertiary/aromatic N) is 7. The number of hydrogen-bond acceptors (Lipinski definition) is 7. The Morgan fingerprint density at radius 1 is 0.914 bits per heavy atom. The van der Waals surface area contributed by atoms with Crippen molar-refractivity contribution in [3.63, 3.8) is 0 Å². The third-order valence-electron chi connectivity index (χ3n) is 6.83. The molecule has 174 valence electrons. The number of aromatic nitrogens is 7. The summed E-state index contributed by atoms with van der Waals surface area (Å²) < 4.78 is 2.02. The largest absolute Gasteiger partial charge is 0.345 e. The quantitative estimate of drug-likeness (QED) is 0.364. The molecule has 1 aliphatic carbocycles. The maximum Gasteiger partial charge on any atom is 0.345 e. The Morgan fingerprint density at radius 2 is 1.63 bits per heavy atom. The van der Waals surface area contributed by atoms with Gasteiger partial charge in [-0.3, -0.25) is 4.57 Å².